The van der Waals surface area contributed by atoms with Gasteiger partial charge in [-0.3, -0.25) is 9.59 Å². The van der Waals surface area contributed by atoms with E-state index in [0.717, 1.165) is 37.1 Å². The number of amides is 1. The molecule has 1 unspecified atom stereocenters. The Morgan fingerprint density at radius 3 is 2.40 bits per heavy atom. The van der Waals surface area contributed by atoms with Crippen LogP contribution in [0.3, 0.4) is 0 Å². The maximum atomic E-state index is 13.3. The van der Waals surface area contributed by atoms with Gasteiger partial charge in [0.25, 0.3) is 0 Å². The summed E-state index contributed by atoms with van der Waals surface area (Å²) in [5, 5.41) is 3.05. The van der Waals surface area contributed by atoms with E-state index in [9.17, 15) is 9.59 Å². The third kappa shape index (κ3) is 3.66. The van der Waals surface area contributed by atoms with E-state index in [2.05, 4.69) is 39.9 Å². The van der Waals surface area contributed by atoms with Crippen molar-refractivity contribution in [1.29, 1.82) is 0 Å². The Hall–Kier alpha value is -0.860. The van der Waals surface area contributed by atoms with Gasteiger partial charge in [0.05, 0.1) is 0 Å². The maximum absolute atomic E-state index is 13.3. The van der Waals surface area contributed by atoms with Crippen LogP contribution in [0.2, 0.25) is 0 Å². The molecule has 1 saturated heterocycles. The van der Waals surface area contributed by atoms with E-state index >= 15 is 0 Å². The molecular formula is C27H45NO2. The minimum atomic E-state index is -0.0437. The van der Waals surface area contributed by atoms with Crippen molar-refractivity contribution in [2.24, 2.45) is 52.3 Å². The summed E-state index contributed by atoms with van der Waals surface area (Å²) in [6, 6.07) is 0. The van der Waals surface area contributed by atoms with Gasteiger partial charge in [-0.25, -0.2) is 0 Å². The van der Waals surface area contributed by atoms with Crippen molar-refractivity contribution in [2.75, 3.05) is 6.54 Å². The molecule has 1 amide bonds. The first-order valence-corrected chi connectivity index (χ1v) is 13.0. The smallest absolute Gasteiger partial charge is 0.220 e. The van der Waals surface area contributed by atoms with Crippen LogP contribution in [-0.4, -0.2) is 18.2 Å². The molecule has 3 nitrogen and oxygen atoms in total. The standard InChI is InChI=1S/C27H45NO2/c1-17(2)7-6-8-18(3)20-9-10-21-19-15-24(29)23-16-25(30)28-14-13-27(23,5)22(19)11-12-26(20,21)4/h17-23H,6-16H2,1-5H3,(H,28,30)/t18-,19+,20-,21+,22+,23?,26-,27-/m1/s1. The van der Waals surface area contributed by atoms with Gasteiger partial charge in [-0.05, 0) is 78.4 Å². The molecule has 3 saturated carbocycles. The number of hydrogen-bond acceptors (Lipinski definition) is 2. The molecular weight excluding hydrogens is 370 g/mol. The van der Waals surface area contributed by atoms with Crippen LogP contribution in [0.15, 0.2) is 0 Å². The molecule has 0 aromatic heterocycles. The predicted molar refractivity (Wildman–Crippen MR) is 122 cm³/mol. The average molecular weight is 416 g/mol. The van der Waals surface area contributed by atoms with Gasteiger partial charge in [0.2, 0.25) is 5.91 Å². The number of carbonyl (C=O) groups excluding carboxylic acids is 2. The molecule has 4 fully saturated rings. The van der Waals surface area contributed by atoms with E-state index in [1.807, 2.05) is 0 Å². The molecule has 0 bridgehead atoms. The lowest BCUT2D eigenvalue weighted by molar-refractivity contribution is -0.151. The number of Topliss-reactive ketones (excluding diaryl/α,β-unsaturated/α-hetero) is 1. The third-order valence-electron chi connectivity index (χ3n) is 10.5. The molecule has 0 spiro atoms. The molecule has 30 heavy (non-hydrogen) atoms. The Labute approximate surface area is 184 Å². The lowest BCUT2D eigenvalue weighted by atomic mass is 9.45. The first-order valence-electron chi connectivity index (χ1n) is 13.0. The number of fused-ring (bicyclic) bond motifs is 5. The van der Waals surface area contributed by atoms with Gasteiger partial charge in [-0.15, -0.1) is 0 Å². The summed E-state index contributed by atoms with van der Waals surface area (Å²) >= 11 is 0. The number of rotatable bonds is 5. The Kier molecular flexibility index (Phi) is 6.14. The SMILES string of the molecule is CC(C)CCC[C@@H](C)[C@H]1CC[C@H]2[C@@H]3CC(=O)C4CC(=O)NCC[C@]4(C)[C@H]3CC[C@]12C. The van der Waals surface area contributed by atoms with Crippen LogP contribution in [0.5, 0.6) is 0 Å². The van der Waals surface area contributed by atoms with Gasteiger partial charge < -0.3 is 5.32 Å². The van der Waals surface area contributed by atoms with Crippen LogP contribution < -0.4 is 5.32 Å². The van der Waals surface area contributed by atoms with Crippen molar-refractivity contribution in [2.45, 2.75) is 98.8 Å². The fourth-order valence-electron chi connectivity index (χ4n) is 8.85. The predicted octanol–water partition coefficient (Wildman–Crippen LogP) is 6.01. The molecule has 0 aromatic rings. The van der Waals surface area contributed by atoms with Gasteiger partial charge in [0, 0.05) is 25.3 Å². The highest BCUT2D eigenvalue weighted by Gasteiger charge is 2.62. The lowest BCUT2D eigenvalue weighted by Gasteiger charge is -2.58. The second-order valence-electron chi connectivity index (χ2n) is 12.4. The number of ketones is 1. The molecule has 3 heteroatoms. The molecule has 1 heterocycles. The van der Waals surface area contributed by atoms with E-state index in [0.29, 0.717) is 35.4 Å². The molecule has 0 aromatic carbocycles. The number of nitrogens with one attached hydrogen (secondary N) is 1. The van der Waals surface area contributed by atoms with Gasteiger partial charge in [0.15, 0.2) is 0 Å². The van der Waals surface area contributed by atoms with Crippen LogP contribution in [-0.2, 0) is 9.59 Å². The van der Waals surface area contributed by atoms with E-state index in [1.54, 1.807) is 0 Å². The van der Waals surface area contributed by atoms with Crippen LogP contribution in [0.4, 0.5) is 0 Å². The van der Waals surface area contributed by atoms with Crippen molar-refractivity contribution in [3.8, 4) is 0 Å². The number of hydrogen-bond donors (Lipinski definition) is 1. The highest BCUT2D eigenvalue weighted by atomic mass is 16.2. The van der Waals surface area contributed by atoms with Gasteiger partial charge in [-0.2, -0.15) is 0 Å². The van der Waals surface area contributed by atoms with Crippen molar-refractivity contribution < 1.29 is 9.59 Å². The summed E-state index contributed by atoms with van der Waals surface area (Å²) in [7, 11) is 0. The van der Waals surface area contributed by atoms with Crippen molar-refractivity contribution in [3.63, 3.8) is 0 Å². The summed E-state index contributed by atoms with van der Waals surface area (Å²) in [5.74, 6) is 4.77. The summed E-state index contributed by atoms with van der Waals surface area (Å²) in [6.45, 7) is 12.9. The van der Waals surface area contributed by atoms with Gasteiger partial charge >= 0.3 is 0 Å². The van der Waals surface area contributed by atoms with Gasteiger partial charge in [-0.1, -0.05) is 53.9 Å². The molecule has 1 aliphatic heterocycles. The quantitative estimate of drug-likeness (QED) is 0.597. The Balaban J connectivity index is 1.52. The largest absolute Gasteiger partial charge is 0.356 e. The molecule has 1 N–H and O–H groups in total. The summed E-state index contributed by atoms with van der Waals surface area (Å²) in [6.07, 6.45) is 11.5. The van der Waals surface area contributed by atoms with Crippen LogP contribution in [0, 0.1) is 52.3 Å². The third-order valence-corrected chi connectivity index (χ3v) is 10.5. The van der Waals surface area contributed by atoms with Crippen molar-refractivity contribution in [3.05, 3.63) is 0 Å². The summed E-state index contributed by atoms with van der Waals surface area (Å²) < 4.78 is 0. The van der Waals surface area contributed by atoms with Gasteiger partial charge in [0.1, 0.15) is 5.78 Å². The van der Waals surface area contributed by atoms with E-state index < -0.39 is 0 Å². The van der Waals surface area contributed by atoms with Crippen molar-refractivity contribution in [1.82, 2.24) is 5.32 Å². The van der Waals surface area contributed by atoms with Crippen LogP contribution in [0.25, 0.3) is 0 Å². The van der Waals surface area contributed by atoms with E-state index in [-0.39, 0.29) is 17.2 Å². The first kappa shape index (κ1) is 22.3. The maximum Gasteiger partial charge on any atom is 0.220 e. The molecule has 3 aliphatic carbocycles. The lowest BCUT2D eigenvalue weighted by Crippen LogP contribution is -2.55. The highest BCUT2D eigenvalue weighted by molar-refractivity contribution is 5.89. The average Bonchev–Trinajstić information content (AvgIpc) is 2.93. The van der Waals surface area contributed by atoms with E-state index in [4.69, 9.17) is 0 Å². The fourth-order valence-corrected chi connectivity index (χ4v) is 8.85. The molecule has 8 atom stereocenters. The number of carbonyl (C=O) groups is 2. The topological polar surface area (TPSA) is 46.2 Å². The molecule has 0 radical (unpaired) electrons. The Bertz CT molecular complexity index is 672. The molecule has 4 aliphatic rings. The normalized spacial score (nSPS) is 44.7. The fraction of sp³-hybridized carbons (Fsp3) is 0.926. The zero-order valence-corrected chi connectivity index (χ0v) is 20.1. The van der Waals surface area contributed by atoms with Crippen molar-refractivity contribution >= 4 is 11.7 Å². The van der Waals surface area contributed by atoms with Crippen LogP contribution in [0.1, 0.15) is 98.8 Å². The highest BCUT2D eigenvalue weighted by Crippen LogP contribution is 2.67. The minimum Gasteiger partial charge on any atom is -0.356 e. The minimum absolute atomic E-state index is 0.0153. The van der Waals surface area contributed by atoms with E-state index in [1.165, 1.54) is 44.9 Å². The Morgan fingerprint density at radius 1 is 0.933 bits per heavy atom. The first-order chi connectivity index (χ1) is 14.2. The summed E-state index contributed by atoms with van der Waals surface area (Å²) in [4.78, 5) is 25.5. The molecule has 4 rings (SSSR count). The monoisotopic (exact) mass is 415 g/mol. The Morgan fingerprint density at radius 2 is 1.67 bits per heavy atom. The summed E-state index contributed by atoms with van der Waals surface area (Å²) in [5.41, 5.74) is 0.433. The zero-order valence-electron chi connectivity index (χ0n) is 20.1. The zero-order chi connectivity index (χ0) is 21.7. The second-order valence-corrected chi connectivity index (χ2v) is 12.4. The molecule has 170 valence electrons. The second kappa shape index (κ2) is 8.24. The van der Waals surface area contributed by atoms with Crippen LogP contribution >= 0.6 is 0 Å².